The van der Waals surface area contributed by atoms with E-state index in [0.717, 1.165) is 32.1 Å². The first-order valence-electron chi connectivity index (χ1n) is 6.63. The van der Waals surface area contributed by atoms with Gasteiger partial charge in [0.1, 0.15) is 6.04 Å². The van der Waals surface area contributed by atoms with Gasteiger partial charge in [0.15, 0.2) is 5.03 Å². The average molecular weight is 301 g/mol. The molecular formula is C12H19N3O4S. The van der Waals surface area contributed by atoms with Gasteiger partial charge in [-0.05, 0) is 18.8 Å². The van der Waals surface area contributed by atoms with Gasteiger partial charge in [-0.15, -0.1) is 0 Å². The first-order valence-corrected chi connectivity index (χ1v) is 8.11. The number of aromatic nitrogens is 2. The Balaban J connectivity index is 2.17. The van der Waals surface area contributed by atoms with Crippen LogP contribution < -0.4 is 4.72 Å². The van der Waals surface area contributed by atoms with Crippen molar-refractivity contribution in [2.45, 2.75) is 43.2 Å². The number of carbonyl (C=O) groups is 1. The predicted octanol–water partition coefficient (Wildman–Crippen LogP) is 0.732. The lowest BCUT2D eigenvalue weighted by Gasteiger charge is -2.27. The van der Waals surface area contributed by atoms with Crippen LogP contribution >= 0.6 is 0 Å². The number of nitrogens with one attached hydrogen (secondary N) is 1. The van der Waals surface area contributed by atoms with Crippen molar-refractivity contribution in [3.63, 3.8) is 0 Å². The first-order chi connectivity index (χ1) is 9.40. The van der Waals surface area contributed by atoms with Crippen LogP contribution in [0.5, 0.6) is 0 Å². The Hall–Kier alpha value is -1.41. The summed E-state index contributed by atoms with van der Waals surface area (Å²) in [4.78, 5) is 15.1. The highest BCUT2D eigenvalue weighted by atomic mass is 32.2. The van der Waals surface area contributed by atoms with E-state index in [1.807, 2.05) is 0 Å². The molecule has 0 aliphatic heterocycles. The Bertz CT molecular complexity index is 575. The maximum atomic E-state index is 12.2. The van der Waals surface area contributed by atoms with Crippen LogP contribution in [-0.2, 0) is 21.9 Å². The van der Waals surface area contributed by atoms with Gasteiger partial charge in [-0.2, -0.15) is 4.72 Å². The van der Waals surface area contributed by atoms with Crippen LogP contribution in [0, 0.1) is 5.92 Å². The fourth-order valence-electron chi connectivity index (χ4n) is 2.57. The molecule has 112 valence electrons. The molecule has 8 heteroatoms. The van der Waals surface area contributed by atoms with Crippen molar-refractivity contribution in [1.29, 1.82) is 0 Å². The fourth-order valence-corrected chi connectivity index (χ4v) is 3.81. The minimum absolute atomic E-state index is 0.151. The van der Waals surface area contributed by atoms with Crippen LogP contribution in [0.25, 0.3) is 0 Å². The third-order valence-electron chi connectivity index (χ3n) is 3.63. The van der Waals surface area contributed by atoms with Gasteiger partial charge in [-0.25, -0.2) is 13.4 Å². The largest absolute Gasteiger partial charge is 0.480 e. The van der Waals surface area contributed by atoms with Crippen molar-refractivity contribution >= 4 is 16.0 Å². The summed E-state index contributed by atoms with van der Waals surface area (Å²) in [6.07, 6.45) is 7.16. The van der Waals surface area contributed by atoms with Gasteiger partial charge in [-0.1, -0.05) is 19.3 Å². The molecule has 0 radical (unpaired) electrons. The standard InChI is InChI=1S/C12H19N3O4S/c1-15-7-10(13-8-15)20(18,19)14-11(12(16)17)9-5-3-2-4-6-9/h7-9,11,14H,2-6H2,1H3,(H,16,17). The number of carboxylic acids is 1. The lowest BCUT2D eigenvalue weighted by Crippen LogP contribution is -2.46. The van der Waals surface area contributed by atoms with Crippen molar-refractivity contribution in [1.82, 2.24) is 14.3 Å². The Kier molecular flexibility index (Phi) is 4.44. The average Bonchev–Trinajstić information content (AvgIpc) is 2.84. The molecule has 1 aliphatic carbocycles. The molecule has 1 heterocycles. The predicted molar refractivity (Wildman–Crippen MR) is 71.5 cm³/mol. The quantitative estimate of drug-likeness (QED) is 0.835. The lowest BCUT2D eigenvalue weighted by molar-refractivity contribution is -0.140. The van der Waals surface area contributed by atoms with E-state index in [4.69, 9.17) is 0 Å². The van der Waals surface area contributed by atoms with Crippen LogP contribution in [0.4, 0.5) is 0 Å². The summed E-state index contributed by atoms with van der Waals surface area (Å²) in [7, 11) is -2.24. The molecule has 0 bridgehead atoms. The first kappa shape index (κ1) is 15.0. The molecule has 1 aliphatic rings. The van der Waals surface area contributed by atoms with Gasteiger partial charge in [0.05, 0.1) is 6.33 Å². The third-order valence-corrected chi connectivity index (χ3v) is 4.95. The van der Waals surface area contributed by atoms with E-state index in [1.165, 1.54) is 17.1 Å². The van der Waals surface area contributed by atoms with Crippen molar-refractivity contribution in [3.8, 4) is 0 Å². The van der Waals surface area contributed by atoms with Gasteiger partial charge < -0.3 is 9.67 Å². The Labute approximate surface area is 118 Å². The van der Waals surface area contributed by atoms with E-state index in [0.29, 0.717) is 0 Å². The summed E-state index contributed by atoms with van der Waals surface area (Å²) in [5, 5.41) is 9.14. The number of hydrogen-bond donors (Lipinski definition) is 2. The van der Waals surface area contributed by atoms with E-state index >= 15 is 0 Å². The summed E-state index contributed by atoms with van der Waals surface area (Å²) < 4.78 is 28.1. The van der Waals surface area contributed by atoms with Crippen molar-refractivity contribution in [2.75, 3.05) is 0 Å². The molecule has 1 aromatic heterocycles. The zero-order chi connectivity index (χ0) is 14.8. The number of hydrogen-bond acceptors (Lipinski definition) is 4. The molecule has 1 atom stereocenters. The molecule has 1 aromatic rings. The third kappa shape index (κ3) is 3.37. The van der Waals surface area contributed by atoms with Gasteiger partial charge in [0.2, 0.25) is 0 Å². The maximum absolute atomic E-state index is 12.2. The molecular weight excluding hydrogens is 282 g/mol. The van der Waals surface area contributed by atoms with Crippen molar-refractivity contribution in [3.05, 3.63) is 12.5 Å². The van der Waals surface area contributed by atoms with Crippen molar-refractivity contribution in [2.24, 2.45) is 13.0 Å². The summed E-state index contributed by atoms with van der Waals surface area (Å²) in [6, 6.07) is -1.08. The molecule has 0 spiro atoms. The lowest BCUT2D eigenvalue weighted by atomic mass is 9.84. The molecule has 7 nitrogen and oxygen atoms in total. The second kappa shape index (κ2) is 5.92. The highest BCUT2D eigenvalue weighted by molar-refractivity contribution is 7.89. The number of carboxylic acid groups (broad SMARTS) is 1. The SMILES string of the molecule is Cn1cnc(S(=O)(=O)NC(C(=O)O)C2CCCCC2)c1. The van der Waals surface area contributed by atoms with Crippen LogP contribution in [0.1, 0.15) is 32.1 Å². The fraction of sp³-hybridized carbons (Fsp3) is 0.667. The summed E-state index contributed by atoms with van der Waals surface area (Å²) in [5.41, 5.74) is 0. The van der Waals surface area contributed by atoms with E-state index in [-0.39, 0.29) is 10.9 Å². The van der Waals surface area contributed by atoms with Gasteiger partial charge in [-0.3, -0.25) is 4.79 Å². The Morgan fingerprint density at radius 3 is 2.60 bits per heavy atom. The van der Waals surface area contributed by atoms with E-state index < -0.39 is 22.0 Å². The van der Waals surface area contributed by atoms with E-state index in [1.54, 1.807) is 7.05 Å². The molecule has 0 amide bonds. The number of nitrogens with zero attached hydrogens (tertiary/aromatic N) is 2. The van der Waals surface area contributed by atoms with Crippen molar-refractivity contribution < 1.29 is 18.3 Å². The molecule has 2 rings (SSSR count). The molecule has 2 N–H and O–H groups in total. The molecule has 0 saturated heterocycles. The highest BCUT2D eigenvalue weighted by Crippen LogP contribution is 2.27. The number of imidazole rings is 1. The Morgan fingerprint density at radius 2 is 2.10 bits per heavy atom. The van der Waals surface area contributed by atoms with Crippen LogP contribution in [0.2, 0.25) is 0 Å². The zero-order valence-electron chi connectivity index (χ0n) is 11.3. The topological polar surface area (TPSA) is 101 Å². The van der Waals surface area contributed by atoms with E-state index in [9.17, 15) is 18.3 Å². The number of aliphatic carboxylic acids is 1. The number of rotatable bonds is 5. The monoisotopic (exact) mass is 301 g/mol. The van der Waals surface area contributed by atoms with Gasteiger partial charge in [0, 0.05) is 13.2 Å². The molecule has 1 unspecified atom stereocenters. The van der Waals surface area contributed by atoms with E-state index in [2.05, 4.69) is 9.71 Å². The van der Waals surface area contributed by atoms with Crippen LogP contribution in [0.15, 0.2) is 17.6 Å². The Morgan fingerprint density at radius 1 is 1.45 bits per heavy atom. The van der Waals surface area contributed by atoms with Gasteiger partial charge >= 0.3 is 5.97 Å². The summed E-state index contributed by atoms with van der Waals surface area (Å²) >= 11 is 0. The number of aryl methyl sites for hydroxylation is 1. The summed E-state index contributed by atoms with van der Waals surface area (Å²) in [6.45, 7) is 0. The van der Waals surface area contributed by atoms with Crippen LogP contribution in [0.3, 0.4) is 0 Å². The minimum Gasteiger partial charge on any atom is -0.480 e. The second-order valence-electron chi connectivity index (χ2n) is 5.21. The van der Waals surface area contributed by atoms with Crippen LogP contribution in [-0.4, -0.2) is 35.1 Å². The minimum atomic E-state index is -3.90. The molecule has 1 fully saturated rings. The maximum Gasteiger partial charge on any atom is 0.322 e. The molecule has 0 aromatic carbocycles. The summed E-state index contributed by atoms with van der Waals surface area (Å²) in [5.74, 6) is -1.28. The molecule has 1 saturated carbocycles. The number of sulfonamides is 1. The highest BCUT2D eigenvalue weighted by Gasteiger charge is 2.34. The molecule has 20 heavy (non-hydrogen) atoms. The van der Waals surface area contributed by atoms with Gasteiger partial charge in [0.25, 0.3) is 10.0 Å². The normalized spacial score (nSPS) is 18.9. The smallest absolute Gasteiger partial charge is 0.322 e. The zero-order valence-corrected chi connectivity index (χ0v) is 12.1. The second-order valence-corrected chi connectivity index (χ2v) is 6.87.